The SMILES string of the molecule is CCCCCNc1ccc(Oc2ccc(N(C)CCCCC)c(F)c2)cc1C(=O)OC. The molecule has 2 rings (SSSR count). The number of rotatable bonds is 13. The predicted octanol–water partition coefficient (Wildman–Crippen LogP) is 6.63. The molecule has 0 spiro atoms. The van der Waals surface area contributed by atoms with Gasteiger partial charge in [-0.2, -0.15) is 0 Å². The number of nitrogens with one attached hydrogen (secondary N) is 1. The van der Waals surface area contributed by atoms with E-state index in [1.165, 1.54) is 13.2 Å². The van der Waals surface area contributed by atoms with Crippen LogP contribution in [0, 0.1) is 5.82 Å². The van der Waals surface area contributed by atoms with Gasteiger partial charge in [0.2, 0.25) is 0 Å². The number of carbonyl (C=O) groups excluding carboxylic acids is 1. The first kappa shape index (κ1) is 24.5. The van der Waals surface area contributed by atoms with Gasteiger partial charge in [-0.25, -0.2) is 9.18 Å². The molecule has 2 aromatic carbocycles. The second-order valence-corrected chi connectivity index (χ2v) is 7.68. The van der Waals surface area contributed by atoms with Gasteiger partial charge in [0.25, 0.3) is 0 Å². The monoisotopic (exact) mass is 430 g/mol. The molecule has 2 aromatic rings. The van der Waals surface area contributed by atoms with Crippen LogP contribution in [0.1, 0.15) is 62.7 Å². The lowest BCUT2D eigenvalue weighted by molar-refractivity contribution is 0.0601. The Labute approximate surface area is 185 Å². The highest BCUT2D eigenvalue weighted by Gasteiger charge is 2.15. The molecule has 0 saturated carbocycles. The Morgan fingerprint density at radius 2 is 1.68 bits per heavy atom. The molecule has 6 heteroatoms. The van der Waals surface area contributed by atoms with Crippen LogP contribution in [-0.4, -0.2) is 33.2 Å². The van der Waals surface area contributed by atoms with E-state index in [9.17, 15) is 9.18 Å². The van der Waals surface area contributed by atoms with E-state index in [0.29, 0.717) is 28.4 Å². The quantitative estimate of drug-likeness (QED) is 0.285. The fourth-order valence-electron chi connectivity index (χ4n) is 3.33. The van der Waals surface area contributed by atoms with Gasteiger partial charge < -0.3 is 19.7 Å². The minimum absolute atomic E-state index is 0.334. The normalized spacial score (nSPS) is 10.6. The Morgan fingerprint density at radius 1 is 1.00 bits per heavy atom. The van der Waals surface area contributed by atoms with Crippen molar-refractivity contribution in [1.29, 1.82) is 0 Å². The summed E-state index contributed by atoms with van der Waals surface area (Å²) in [6.07, 6.45) is 6.55. The smallest absolute Gasteiger partial charge is 0.340 e. The molecule has 0 aliphatic rings. The summed E-state index contributed by atoms with van der Waals surface area (Å²) in [7, 11) is 3.24. The maximum atomic E-state index is 14.6. The molecule has 0 radical (unpaired) electrons. The van der Waals surface area contributed by atoms with E-state index >= 15 is 0 Å². The minimum Gasteiger partial charge on any atom is -0.465 e. The van der Waals surface area contributed by atoms with Crippen LogP contribution in [0.4, 0.5) is 15.8 Å². The molecular formula is C25H35FN2O3. The Kier molecular flexibility index (Phi) is 10.1. The molecule has 0 saturated heterocycles. The first-order chi connectivity index (χ1) is 15.0. The van der Waals surface area contributed by atoms with Crippen LogP contribution < -0.4 is 15.0 Å². The molecule has 5 nitrogen and oxygen atoms in total. The second-order valence-electron chi connectivity index (χ2n) is 7.68. The highest BCUT2D eigenvalue weighted by Crippen LogP contribution is 2.30. The average Bonchev–Trinajstić information content (AvgIpc) is 2.77. The van der Waals surface area contributed by atoms with Crippen LogP contribution in [0.3, 0.4) is 0 Å². The van der Waals surface area contributed by atoms with Gasteiger partial charge in [0, 0.05) is 31.9 Å². The van der Waals surface area contributed by atoms with E-state index in [-0.39, 0.29) is 5.82 Å². The maximum Gasteiger partial charge on any atom is 0.340 e. The van der Waals surface area contributed by atoms with Gasteiger partial charge in [-0.15, -0.1) is 0 Å². The van der Waals surface area contributed by atoms with Crippen molar-refractivity contribution in [2.45, 2.75) is 52.4 Å². The molecule has 0 atom stereocenters. The first-order valence-electron chi connectivity index (χ1n) is 11.1. The highest BCUT2D eigenvalue weighted by molar-refractivity contribution is 5.96. The standard InChI is InChI=1S/C25H35FN2O3/c1-5-7-9-15-27-23-13-11-19(17-21(23)25(29)30-4)31-20-12-14-24(22(26)18-20)28(3)16-10-8-6-2/h11-14,17-18,27H,5-10,15-16H2,1-4H3. The van der Waals surface area contributed by atoms with E-state index in [1.807, 2.05) is 11.9 Å². The molecule has 0 unspecified atom stereocenters. The Balaban J connectivity index is 2.12. The Hall–Kier alpha value is -2.76. The van der Waals surface area contributed by atoms with Gasteiger partial charge in [-0.1, -0.05) is 39.5 Å². The van der Waals surface area contributed by atoms with Gasteiger partial charge in [-0.05, 0) is 43.2 Å². The fourth-order valence-corrected chi connectivity index (χ4v) is 3.33. The number of hydrogen-bond donors (Lipinski definition) is 1. The van der Waals surface area contributed by atoms with Crippen molar-refractivity contribution in [3.05, 3.63) is 47.8 Å². The maximum absolute atomic E-state index is 14.6. The molecule has 31 heavy (non-hydrogen) atoms. The molecule has 170 valence electrons. The number of hydrogen-bond acceptors (Lipinski definition) is 5. The van der Waals surface area contributed by atoms with Crippen molar-refractivity contribution in [1.82, 2.24) is 0 Å². The topological polar surface area (TPSA) is 50.8 Å². The molecule has 0 fully saturated rings. The van der Waals surface area contributed by atoms with Crippen molar-refractivity contribution >= 4 is 17.3 Å². The van der Waals surface area contributed by atoms with Crippen LogP contribution in [0.25, 0.3) is 0 Å². The summed E-state index contributed by atoms with van der Waals surface area (Å²) in [5.74, 6) is 0.0446. The molecule has 0 aromatic heterocycles. The summed E-state index contributed by atoms with van der Waals surface area (Å²) in [6.45, 7) is 5.87. The summed E-state index contributed by atoms with van der Waals surface area (Å²) in [5.41, 5.74) is 1.64. The lowest BCUT2D eigenvalue weighted by Gasteiger charge is -2.20. The van der Waals surface area contributed by atoms with Crippen molar-refractivity contribution in [2.75, 3.05) is 37.5 Å². The largest absolute Gasteiger partial charge is 0.465 e. The zero-order chi connectivity index (χ0) is 22.6. The lowest BCUT2D eigenvalue weighted by atomic mass is 10.1. The number of carbonyl (C=O) groups is 1. The fraction of sp³-hybridized carbons (Fsp3) is 0.480. The Bertz CT molecular complexity index is 842. The number of unbranched alkanes of at least 4 members (excludes halogenated alkanes) is 4. The van der Waals surface area contributed by atoms with Crippen LogP contribution in [-0.2, 0) is 4.74 Å². The van der Waals surface area contributed by atoms with Crippen molar-refractivity contribution in [3.63, 3.8) is 0 Å². The van der Waals surface area contributed by atoms with Gasteiger partial charge in [0.15, 0.2) is 0 Å². The summed E-state index contributed by atoms with van der Waals surface area (Å²) in [4.78, 5) is 14.1. The van der Waals surface area contributed by atoms with E-state index in [1.54, 1.807) is 30.3 Å². The van der Waals surface area contributed by atoms with Crippen LogP contribution in [0.2, 0.25) is 0 Å². The third kappa shape index (κ3) is 7.46. The number of methoxy groups -OCH3 is 1. The number of halogens is 1. The predicted molar refractivity (Wildman–Crippen MR) is 125 cm³/mol. The van der Waals surface area contributed by atoms with Crippen molar-refractivity contribution in [3.8, 4) is 11.5 Å². The summed E-state index contributed by atoms with van der Waals surface area (Å²) < 4.78 is 25.4. The molecular weight excluding hydrogens is 395 g/mol. The van der Waals surface area contributed by atoms with E-state index < -0.39 is 5.97 Å². The number of anilines is 2. The van der Waals surface area contributed by atoms with E-state index in [4.69, 9.17) is 9.47 Å². The summed E-state index contributed by atoms with van der Waals surface area (Å²) >= 11 is 0. The van der Waals surface area contributed by atoms with Crippen LogP contribution in [0.5, 0.6) is 11.5 Å². The number of benzene rings is 2. The average molecular weight is 431 g/mol. The Morgan fingerprint density at radius 3 is 2.35 bits per heavy atom. The van der Waals surface area contributed by atoms with E-state index in [2.05, 4.69) is 19.2 Å². The molecule has 0 aliphatic carbocycles. The van der Waals surface area contributed by atoms with E-state index in [0.717, 1.165) is 51.6 Å². The van der Waals surface area contributed by atoms with Gasteiger partial charge in [0.1, 0.15) is 17.3 Å². The third-order valence-corrected chi connectivity index (χ3v) is 5.16. The zero-order valence-corrected chi connectivity index (χ0v) is 19.2. The molecule has 0 amide bonds. The van der Waals surface area contributed by atoms with Crippen LogP contribution in [0.15, 0.2) is 36.4 Å². The zero-order valence-electron chi connectivity index (χ0n) is 19.2. The van der Waals surface area contributed by atoms with Gasteiger partial charge >= 0.3 is 5.97 Å². The summed E-state index contributed by atoms with van der Waals surface area (Å²) in [6, 6.07) is 10.0. The molecule has 0 heterocycles. The van der Waals surface area contributed by atoms with Gasteiger partial charge in [0.05, 0.1) is 18.4 Å². The number of esters is 1. The number of ether oxygens (including phenoxy) is 2. The summed E-state index contributed by atoms with van der Waals surface area (Å²) in [5, 5.41) is 3.28. The highest BCUT2D eigenvalue weighted by atomic mass is 19.1. The second kappa shape index (κ2) is 12.8. The van der Waals surface area contributed by atoms with Crippen molar-refractivity contribution in [2.24, 2.45) is 0 Å². The van der Waals surface area contributed by atoms with Gasteiger partial charge in [-0.3, -0.25) is 0 Å². The molecule has 0 bridgehead atoms. The van der Waals surface area contributed by atoms with Crippen molar-refractivity contribution < 1.29 is 18.7 Å². The minimum atomic E-state index is -0.446. The first-order valence-corrected chi connectivity index (χ1v) is 11.1. The molecule has 1 N–H and O–H groups in total. The third-order valence-electron chi connectivity index (χ3n) is 5.16. The lowest BCUT2D eigenvalue weighted by Crippen LogP contribution is -2.19. The number of nitrogens with zero attached hydrogens (tertiary/aromatic N) is 1. The molecule has 0 aliphatic heterocycles. The van der Waals surface area contributed by atoms with Crippen LogP contribution >= 0.6 is 0 Å².